The highest BCUT2D eigenvalue weighted by molar-refractivity contribution is 6.30. The molecule has 0 bridgehead atoms. The number of nitrogens with one attached hydrogen (secondary N) is 2. The summed E-state index contributed by atoms with van der Waals surface area (Å²) in [7, 11) is 0. The molecule has 138 valence electrons. The van der Waals surface area contributed by atoms with E-state index in [-0.39, 0.29) is 29.6 Å². The summed E-state index contributed by atoms with van der Waals surface area (Å²) in [6.45, 7) is 0.505. The van der Waals surface area contributed by atoms with Gasteiger partial charge in [0, 0.05) is 29.4 Å². The fourth-order valence-electron chi connectivity index (χ4n) is 3.25. The number of carbonyl (C=O) groups excluding carboxylic acids is 3. The topological polar surface area (TPSA) is 88.2 Å². The average molecular weight is 371 g/mol. The van der Waals surface area contributed by atoms with Gasteiger partial charge in [-0.15, -0.1) is 0 Å². The maximum absolute atomic E-state index is 12.9. The number of benzene rings is 2. The average Bonchev–Trinajstić information content (AvgIpc) is 2.73. The molecular weight excluding hydrogens is 354 g/mol. The van der Waals surface area contributed by atoms with Crippen LogP contribution >= 0.6 is 0 Å². The molecule has 28 heavy (non-hydrogen) atoms. The Balaban J connectivity index is 1.51. The highest BCUT2D eigenvalue weighted by Gasteiger charge is 2.31. The van der Waals surface area contributed by atoms with Crippen LogP contribution in [0.4, 0.5) is 5.69 Å². The van der Waals surface area contributed by atoms with Crippen molar-refractivity contribution in [2.75, 3.05) is 11.9 Å². The van der Waals surface area contributed by atoms with E-state index in [1.165, 1.54) is 0 Å². The van der Waals surface area contributed by atoms with Crippen LogP contribution in [0.2, 0.25) is 0 Å². The Labute approximate surface area is 161 Å². The van der Waals surface area contributed by atoms with E-state index < -0.39 is 0 Å². The van der Waals surface area contributed by atoms with E-state index in [9.17, 15) is 14.4 Å². The van der Waals surface area contributed by atoms with Gasteiger partial charge in [-0.2, -0.15) is 0 Å². The third kappa shape index (κ3) is 3.33. The molecule has 1 amide bonds. The zero-order valence-electron chi connectivity index (χ0n) is 14.9. The van der Waals surface area contributed by atoms with E-state index in [2.05, 4.69) is 15.6 Å². The van der Waals surface area contributed by atoms with Gasteiger partial charge >= 0.3 is 0 Å². The molecule has 4 rings (SSSR count). The third-order valence-corrected chi connectivity index (χ3v) is 4.54. The molecule has 2 aromatic carbocycles. The van der Waals surface area contributed by atoms with Gasteiger partial charge in [0.1, 0.15) is 0 Å². The Bertz CT molecular complexity index is 1080. The van der Waals surface area contributed by atoms with Gasteiger partial charge in [-0.3, -0.25) is 19.4 Å². The van der Waals surface area contributed by atoms with Crippen LogP contribution in [0.1, 0.15) is 37.5 Å². The molecular formula is C22H17N3O3. The Morgan fingerprint density at radius 3 is 2.29 bits per heavy atom. The molecule has 1 aromatic heterocycles. The van der Waals surface area contributed by atoms with E-state index in [1.54, 1.807) is 48.7 Å². The van der Waals surface area contributed by atoms with Crippen LogP contribution in [0.25, 0.3) is 0 Å². The molecule has 0 unspecified atom stereocenters. The quantitative estimate of drug-likeness (QED) is 0.563. The summed E-state index contributed by atoms with van der Waals surface area (Å²) in [5, 5.41) is 5.75. The summed E-state index contributed by atoms with van der Waals surface area (Å²) < 4.78 is 0. The number of amides is 1. The maximum Gasteiger partial charge on any atom is 0.238 e. The van der Waals surface area contributed by atoms with Crippen LogP contribution < -0.4 is 10.6 Å². The summed E-state index contributed by atoms with van der Waals surface area (Å²) >= 11 is 0. The van der Waals surface area contributed by atoms with Crippen LogP contribution in [0.5, 0.6) is 0 Å². The van der Waals surface area contributed by atoms with Gasteiger partial charge in [0.15, 0.2) is 11.6 Å². The maximum atomic E-state index is 12.9. The number of nitrogens with zero attached hydrogens (tertiary/aromatic N) is 1. The van der Waals surface area contributed by atoms with Crippen molar-refractivity contribution in [1.82, 2.24) is 10.3 Å². The molecule has 6 nitrogen and oxygen atoms in total. The molecule has 0 spiro atoms. The second-order valence-corrected chi connectivity index (χ2v) is 6.40. The molecule has 0 aliphatic heterocycles. The minimum atomic E-state index is -0.302. The van der Waals surface area contributed by atoms with Gasteiger partial charge in [0.25, 0.3) is 0 Å². The lowest BCUT2D eigenvalue weighted by molar-refractivity contribution is -0.115. The normalized spacial score (nSPS) is 12.3. The van der Waals surface area contributed by atoms with Gasteiger partial charge in [-0.25, -0.2) is 0 Å². The molecule has 0 saturated heterocycles. The number of hydrogen-bond donors (Lipinski definition) is 2. The molecule has 0 saturated carbocycles. The molecule has 2 N–H and O–H groups in total. The Hall–Kier alpha value is -3.64. The molecule has 0 radical (unpaired) electrons. The first-order chi connectivity index (χ1) is 13.6. The van der Waals surface area contributed by atoms with Gasteiger partial charge in [0.2, 0.25) is 5.91 Å². The zero-order chi connectivity index (χ0) is 19.5. The summed E-state index contributed by atoms with van der Waals surface area (Å²) in [5.41, 5.74) is 2.46. The fraction of sp³-hybridized carbons (Fsp3) is 0.0909. The number of pyridine rings is 1. The number of carbonyl (C=O) groups is 3. The monoisotopic (exact) mass is 371 g/mol. The molecule has 3 aromatic rings. The van der Waals surface area contributed by atoms with E-state index in [0.717, 1.165) is 5.69 Å². The summed E-state index contributed by atoms with van der Waals surface area (Å²) in [4.78, 5) is 42.2. The van der Waals surface area contributed by atoms with Crippen LogP contribution in [0, 0.1) is 0 Å². The standard InChI is InChI=1S/C22H17N3O3/c26-19(13-23-12-14-6-3-4-11-24-14)25-18-10-5-9-17-20(18)22(28)16-8-2-1-7-15(16)21(17)27/h1-11,23H,12-13H2,(H,25,26). The zero-order valence-corrected chi connectivity index (χ0v) is 14.9. The van der Waals surface area contributed by atoms with Crippen LogP contribution in [0.3, 0.4) is 0 Å². The summed E-state index contributed by atoms with van der Waals surface area (Å²) in [6.07, 6.45) is 1.69. The van der Waals surface area contributed by atoms with Crippen molar-refractivity contribution in [3.8, 4) is 0 Å². The minimum absolute atomic E-state index is 0.0545. The van der Waals surface area contributed by atoms with Crippen molar-refractivity contribution in [2.45, 2.75) is 6.54 Å². The van der Waals surface area contributed by atoms with Crippen LogP contribution in [0.15, 0.2) is 66.9 Å². The number of hydrogen-bond acceptors (Lipinski definition) is 5. The lowest BCUT2D eigenvalue weighted by Gasteiger charge is -2.20. The number of fused-ring (bicyclic) bond motifs is 2. The highest BCUT2D eigenvalue weighted by atomic mass is 16.2. The van der Waals surface area contributed by atoms with Crippen molar-refractivity contribution in [2.24, 2.45) is 0 Å². The molecule has 6 heteroatoms. The second-order valence-electron chi connectivity index (χ2n) is 6.40. The van der Waals surface area contributed by atoms with E-state index in [1.807, 2.05) is 18.2 Å². The van der Waals surface area contributed by atoms with Crippen LogP contribution in [-0.4, -0.2) is 29.0 Å². The predicted molar refractivity (Wildman–Crippen MR) is 104 cm³/mol. The number of rotatable bonds is 5. The molecule has 0 atom stereocenters. The van der Waals surface area contributed by atoms with Crippen molar-refractivity contribution in [1.29, 1.82) is 0 Å². The second kappa shape index (κ2) is 7.54. The molecule has 1 aliphatic carbocycles. The number of anilines is 1. The lowest BCUT2D eigenvalue weighted by atomic mass is 9.83. The van der Waals surface area contributed by atoms with Crippen molar-refractivity contribution in [3.05, 3.63) is 94.8 Å². The van der Waals surface area contributed by atoms with E-state index in [0.29, 0.717) is 28.9 Å². The SMILES string of the molecule is O=C(CNCc1ccccn1)Nc1cccc2c1C(=O)c1ccccc1C2=O. The van der Waals surface area contributed by atoms with Gasteiger partial charge in [0.05, 0.1) is 23.5 Å². The lowest BCUT2D eigenvalue weighted by Crippen LogP contribution is -2.29. The number of aromatic nitrogens is 1. The van der Waals surface area contributed by atoms with Gasteiger partial charge in [-0.05, 0) is 18.2 Å². The Kier molecular flexibility index (Phi) is 4.78. The van der Waals surface area contributed by atoms with E-state index in [4.69, 9.17) is 0 Å². The first kappa shape index (κ1) is 17.8. The molecule has 1 heterocycles. The van der Waals surface area contributed by atoms with Crippen molar-refractivity contribution < 1.29 is 14.4 Å². The largest absolute Gasteiger partial charge is 0.324 e. The van der Waals surface area contributed by atoms with Crippen LogP contribution in [-0.2, 0) is 11.3 Å². The molecule has 0 fully saturated rings. The first-order valence-corrected chi connectivity index (χ1v) is 8.87. The minimum Gasteiger partial charge on any atom is -0.324 e. The number of ketones is 2. The van der Waals surface area contributed by atoms with Crippen molar-refractivity contribution >= 4 is 23.2 Å². The Morgan fingerprint density at radius 2 is 1.54 bits per heavy atom. The fourth-order valence-corrected chi connectivity index (χ4v) is 3.25. The van der Waals surface area contributed by atoms with Gasteiger partial charge < -0.3 is 10.6 Å². The predicted octanol–water partition coefficient (Wildman–Crippen LogP) is 2.59. The summed E-state index contributed by atoms with van der Waals surface area (Å²) in [6, 6.07) is 17.2. The molecule has 1 aliphatic rings. The Morgan fingerprint density at radius 1 is 0.821 bits per heavy atom. The van der Waals surface area contributed by atoms with Gasteiger partial charge in [-0.1, -0.05) is 42.5 Å². The highest BCUT2D eigenvalue weighted by Crippen LogP contribution is 2.31. The third-order valence-electron chi connectivity index (χ3n) is 4.54. The van der Waals surface area contributed by atoms with Crippen molar-refractivity contribution in [3.63, 3.8) is 0 Å². The first-order valence-electron chi connectivity index (χ1n) is 8.87. The summed E-state index contributed by atoms with van der Waals surface area (Å²) in [5.74, 6) is -0.777. The van der Waals surface area contributed by atoms with E-state index >= 15 is 0 Å². The smallest absolute Gasteiger partial charge is 0.238 e.